The molecule has 0 spiro atoms. The molecule has 0 radical (unpaired) electrons. The van der Waals surface area contributed by atoms with Gasteiger partial charge in [-0.1, -0.05) is 41.9 Å². The van der Waals surface area contributed by atoms with Crippen molar-refractivity contribution in [1.82, 2.24) is 10.4 Å². The maximum absolute atomic E-state index is 13.9. The van der Waals surface area contributed by atoms with Crippen molar-refractivity contribution in [2.45, 2.75) is 37.4 Å². The van der Waals surface area contributed by atoms with E-state index in [2.05, 4.69) is 11.3 Å². The van der Waals surface area contributed by atoms with Gasteiger partial charge in [0.15, 0.2) is 26.7 Å². The standard InChI is InChI=1S/C34H36Cl2F2N3O8S2/c1-2-26(35)25(27(36)19-39-44)18-29(23-7-10-28(49-34(37)38)30(17-23)47-20-21-3-4-21)48-33(43)32-41(11-14-50-32)31(42)22-5-8-24(9-6-22)40-12-15-51(45,46)16-13-40/h2,5-10,17,19,21,29,32,34,39H,1,3-4,11-16,18,20H2/q-1/b26-25+,27-19+/t29-,32-/m0/s1. The number of halogens is 4. The number of amides is 1. The molecule has 17 heteroatoms. The zero-order valence-electron chi connectivity index (χ0n) is 27.3. The van der Waals surface area contributed by atoms with Crippen LogP contribution in [0, 0.1) is 11.1 Å². The summed E-state index contributed by atoms with van der Waals surface area (Å²) in [4.78, 5) is 30.9. The lowest BCUT2D eigenvalue weighted by Gasteiger charge is -2.29. The smallest absolute Gasteiger partial charge is 0.387 e. The Morgan fingerprint density at radius 3 is 2.41 bits per heavy atom. The summed E-state index contributed by atoms with van der Waals surface area (Å²) in [5, 5.41) is 10.1. The topological polar surface area (TPSA) is 138 Å². The summed E-state index contributed by atoms with van der Waals surface area (Å²) >= 11 is 14.0. The molecule has 1 amide bonds. The van der Waals surface area contributed by atoms with Crippen molar-refractivity contribution in [1.29, 1.82) is 0 Å². The summed E-state index contributed by atoms with van der Waals surface area (Å²) in [5.41, 5.74) is 3.22. The van der Waals surface area contributed by atoms with Crippen LogP contribution in [0.3, 0.4) is 0 Å². The molecule has 51 heavy (non-hydrogen) atoms. The number of allylic oxidation sites excluding steroid dienone is 3. The highest BCUT2D eigenvalue weighted by molar-refractivity contribution is 8.00. The molecule has 2 heterocycles. The van der Waals surface area contributed by atoms with Gasteiger partial charge in [-0.25, -0.2) is 13.2 Å². The number of hydrogen-bond donors (Lipinski definition) is 1. The van der Waals surface area contributed by atoms with Crippen LogP contribution in [-0.2, 0) is 19.4 Å². The predicted molar refractivity (Wildman–Crippen MR) is 193 cm³/mol. The van der Waals surface area contributed by atoms with Gasteiger partial charge >= 0.3 is 12.6 Å². The minimum atomic E-state index is -3.11. The average molecular weight is 788 g/mol. The summed E-state index contributed by atoms with van der Waals surface area (Å²) in [6.07, 6.45) is 2.82. The second-order valence-electron chi connectivity index (χ2n) is 12.0. The highest BCUT2D eigenvalue weighted by atomic mass is 35.5. The highest BCUT2D eigenvalue weighted by Crippen LogP contribution is 2.40. The molecule has 3 fully saturated rings. The number of ether oxygens (including phenoxy) is 3. The number of sulfone groups is 1. The first-order valence-corrected chi connectivity index (χ1v) is 19.7. The Bertz CT molecular complexity index is 1760. The van der Waals surface area contributed by atoms with Crippen LogP contribution in [0.25, 0.3) is 0 Å². The zero-order chi connectivity index (χ0) is 36.7. The molecule has 5 rings (SSSR count). The molecule has 1 aliphatic carbocycles. The van der Waals surface area contributed by atoms with E-state index in [9.17, 15) is 32.0 Å². The largest absolute Gasteiger partial charge is 0.761 e. The summed E-state index contributed by atoms with van der Waals surface area (Å²) in [7, 11) is -3.05. The Balaban J connectivity index is 1.39. The number of carbonyl (C=O) groups excluding carboxylic acids is 2. The van der Waals surface area contributed by atoms with E-state index >= 15 is 0 Å². The number of hydrogen-bond acceptors (Lipinski definition) is 11. The van der Waals surface area contributed by atoms with E-state index < -0.39 is 39.8 Å². The third kappa shape index (κ3) is 10.3. The van der Waals surface area contributed by atoms with Gasteiger partial charge in [-0.05, 0) is 66.3 Å². The Morgan fingerprint density at radius 2 is 1.78 bits per heavy atom. The highest BCUT2D eigenvalue weighted by Gasteiger charge is 2.38. The molecule has 2 atom stereocenters. The minimum absolute atomic E-state index is 0.0191. The van der Waals surface area contributed by atoms with Crippen molar-refractivity contribution in [3.8, 4) is 11.5 Å². The van der Waals surface area contributed by atoms with Crippen LogP contribution >= 0.6 is 35.0 Å². The molecular formula is C34H36Cl2F2N3O8S2-. The molecule has 1 N–H and O–H groups in total. The van der Waals surface area contributed by atoms with Gasteiger partial charge in [0.05, 0.1) is 23.1 Å². The van der Waals surface area contributed by atoms with Gasteiger partial charge in [0.2, 0.25) is 0 Å². The maximum atomic E-state index is 13.9. The number of hydroxylamine groups is 1. The summed E-state index contributed by atoms with van der Waals surface area (Å²) in [6.45, 7) is 1.80. The minimum Gasteiger partial charge on any atom is -0.761 e. The SMILES string of the molecule is C=C/C(Cl)=C(C[C@H](OC(=O)[C@@H]1SCCN1C(=O)c1ccc(N2CCS(=O)(=O)CC2)cc1)c1ccc(OC(F)F)c(OCC2CC2)c1)\C(Cl)=C/N[O-]. The Labute approximate surface area is 309 Å². The van der Waals surface area contributed by atoms with Gasteiger partial charge in [0.1, 0.15) is 6.10 Å². The molecule has 2 aromatic rings. The first-order chi connectivity index (χ1) is 24.4. The fourth-order valence-electron chi connectivity index (χ4n) is 5.53. The van der Waals surface area contributed by atoms with E-state index in [0.717, 1.165) is 24.7 Å². The Morgan fingerprint density at radius 1 is 1.08 bits per heavy atom. The van der Waals surface area contributed by atoms with Gasteiger partial charge in [-0.2, -0.15) is 8.78 Å². The van der Waals surface area contributed by atoms with Crippen molar-refractivity contribution in [2.75, 3.05) is 48.4 Å². The quantitative estimate of drug-likeness (QED) is 0.123. The predicted octanol–water partition coefficient (Wildman–Crippen LogP) is 6.35. The summed E-state index contributed by atoms with van der Waals surface area (Å²) < 4.78 is 66.7. The lowest BCUT2D eigenvalue weighted by molar-refractivity contribution is -0.151. The molecule has 0 bridgehead atoms. The number of nitrogens with zero attached hydrogens (tertiary/aromatic N) is 2. The summed E-state index contributed by atoms with van der Waals surface area (Å²) in [6, 6.07) is 10.9. The monoisotopic (exact) mass is 786 g/mol. The lowest BCUT2D eigenvalue weighted by Crippen LogP contribution is -2.41. The number of thioether (sulfide) groups is 1. The van der Waals surface area contributed by atoms with Crippen LogP contribution < -0.4 is 19.9 Å². The Hall–Kier alpha value is -3.50. The maximum Gasteiger partial charge on any atom is 0.387 e. The number of alkyl halides is 2. The molecule has 2 saturated heterocycles. The van der Waals surface area contributed by atoms with Crippen LogP contribution in [0.1, 0.15) is 41.3 Å². The van der Waals surface area contributed by atoms with Crippen molar-refractivity contribution in [2.24, 2.45) is 5.92 Å². The van der Waals surface area contributed by atoms with Gasteiger partial charge in [-0.15, -0.1) is 11.8 Å². The van der Waals surface area contributed by atoms with E-state index in [0.29, 0.717) is 30.0 Å². The van der Waals surface area contributed by atoms with Crippen molar-refractivity contribution in [3.05, 3.63) is 93.3 Å². The van der Waals surface area contributed by atoms with Gasteiger partial charge in [0.25, 0.3) is 5.91 Å². The van der Waals surface area contributed by atoms with Crippen molar-refractivity contribution in [3.63, 3.8) is 0 Å². The number of nitrogens with one attached hydrogen (secondary N) is 1. The van der Waals surface area contributed by atoms with E-state index in [-0.39, 0.29) is 64.1 Å². The summed E-state index contributed by atoms with van der Waals surface area (Å²) in [5.74, 6) is -0.495. The van der Waals surface area contributed by atoms with E-state index in [1.807, 2.05) is 4.90 Å². The molecule has 0 aromatic heterocycles. The lowest BCUT2D eigenvalue weighted by atomic mass is 9.99. The number of benzene rings is 2. The van der Waals surface area contributed by atoms with Crippen LogP contribution in [-0.4, -0.2) is 80.7 Å². The molecule has 3 aliphatic rings. The van der Waals surface area contributed by atoms with E-state index in [1.165, 1.54) is 40.9 Å². The third-order valence-corrected chi connectivity index (χ3v) is 12.0. The number of carbonyl (C=O) groups is 2. The molecule has 2 aliphatic heterocycles. The van der Waals surface area contributed by atoms with Crippen molar-refractivity contribution < 1.29 is 41.0 Å². The molecule has 0 unspecified atom stereocenters. The molecule has 11 nitrogen and oxygen atoms in total. The van der Waals surface area contributed by atoms with Crippen LogP contribution in [0.4, 0.5) is 14.5 Å². The number of esters is 1. The van der Waals surface area contributed by atoms with Gasteiger partial charge < -0.3 is 34.7 Å². The average Bonchev–Trinajstić information content (AvgIpc) is 3.81. The zero-order valence-corrected chi connectivity index (χ0v) is 30.4. The molecule has 1 saturated carbocycles. The van der Waals surface area contributed by atoms with Gasteiger partial charge in [-0.3, -0.25) is 4.79 Å². The molecule has 276 valence electrons. The normalized spacial score (nSPS) is 20.0. The fourth-order valence-corrected chi connectivity index (χ4v) is 8.28. The van der Waals surface area contributed by atoms with Crippen molar-refractivity contribution >= 4 is 62.4 Å². The molecular weight excluding hydrogens is 751 g/mol. The first kappa shape index (κ1) is 38.7. The number of anilines is 1. The fraction of sp³-hybridized carbons (Fsp3) is 0.412. The Kier molecular flexibility index (Phi) is 13.2. The van der Waals surface area contributed by atoms with Gasteiger partial charge in [0, 0.05) is 54.3 Å². The van der Waals surface area contributed by atoms with Crippen LogP contribution in [0.2, 0.25) is 0 Å². The second kappa shape index (κ2) is 17.3. The number of rotatable bonds is 15. The molecule has 2 aromatic carbocycles. The van der Waals surface area contributed by atoms with E-state index in [4.69, 9.17) is 32.7 Å². The second-order valence-corrected chi connectivity index (χ2v) is 16.3. The van der Waals surface area contributed by atoms with Crippen LogP contribution in [0.5, 0.6) is 11.5 Å². The van der Waals surface area contributed by atoms with E-state index in [1.54, 1.807) is 29.7 Å². The van der Waals surface area contributed by atoms with Crippen LogP contribution in [0.15, 0.2) is 77.0 Å². The first-order valence-electron chi connectivity index (χ1n) is 16.0. The third-order valence-electron chi connectivity index (χ3n) is 8.49.